The number of rotatable bonds is 1. The van der Waals surface area contributed by atoms with Crippen molar-refractivity contribution in [1.29, 1.82) is 0 Å². The summed E-state index contributed by atoms with van der Waals surface area (Å²) in [7, 11) is 1.62. The monoisotopic (exact) mass is 195 g/mol. The van der Waals surface area contributed by atoms with Gasteiger partial charge in [0.2, 0.25) is 0 Å². The van der Waals surface area contributed by atoms with Crippen LogP contribution in [0.1, 0.15) is 11.1 Å². The minimum absolute atomic E-state index is 0.677. The van der Waals surface area contributed by atoms with Crippen LogP contribution in [0.2, 0.25) is 5.02 Å². The molecule has 13 heavy (non-hydrogen) atoms. The Morgan fingerprint density at radius 3 is 3.08 bits per heavy atom. The number of ether oxygens (including phenoxy) is 1. The van der Waals surface area contributed by atoms with Crippen LogP contribution in [0.5, 0.6) is 5.75 Å². The molecule has 0 bridgehead atoms. The van der Waals surface area contributed by atoms with E-state index in [4.69, 9.17) is 16.3 Å². The van der Waals surface area contributed by atoms with Gasteiger partial charge in [0.15, 0.2) is 0 Å². The highest BCUT2D eigenvalue weighted by Crippen LogP contribution is 2.28. The SMILES string of the molecule is COc1cc2c(cc1Cl)CCN=C2. The molecular formula is C10H10ClNO. The fraction of sp³-hybridized carbons (Fsp3) is 0.300. The Morgan fingerprint density at radius 1 is 1.46 bits per heavy atom. The van der Waals surface area contributed by atoms with E-state index in [2.05, 4.69) is 4.99 Å². The second-order valence-electron chi connectivity index (χ2n) is 2.97. The van der Waals surface area contributed by atoms with Crippen molar-refractivity contribution in [2.24, 2.45) is 4.99 Å². The lowest BCUT2D eigenvalue weighted by atomic mass is 10.0. The molecule has 0 N–H and O–H groups in total. The summed E-state index contributed by atoms with van der Waals surface area (Å²) in [5, 5.41) is 0.677. The van der Waals surface area contributed by atoms with E-state index >= 15 is 0 Å². The van der Waals surface area contributed by atoms with Crippen molar-refractivity contribution in [1.82, 2.24) is 0 Å². The topological polar surface area (TPSA) is 21.6 Å². The van der Waals surface area contributed by atoms with Crippen LogP contribution in [0.4, 0.5) is 0 Å². The van der Waals surface area contributed by atoms with Crippen molar-refractivity contribution < 1.29 is 4.74 Å². The van der Waals surface area contributed by atoms with Crippen LogP contribution in [-0.4, -0.2) is 19.9 Å². The lowest BCUT2D eigenvalue weighted by Crippen LogP contribution is -2.03. The summed E-state index contributed by atoms with van der Waals surface area (Å²) < 4.78 is 5.12. The van der Waals surface area contributed by atoms with Gasteiger partial charge in [0.25, 0.3) is 0 Å². The number of benzene rings is 1. The predicted octanol–water partition coefficient (Wildman–Crippen LogP) is 2.32. The summed E-state index contributed by atoms with van der Waals surface area (Å²) in [5.41, 5.74) is 2.37. The molecule has 3 heteroatoms. The van der Waals surface area contributed by atoms with Gasteiger partial charge in [-0.1, -0.05) is 11.6 Å². The molecule has 1 aliphatic rings. The van der Waals surface area contributed by atoms with Gasteiger partial charge in [0.1, 0.15) is 5.75 Å². The molecule has 1 aliphatic heterocycles. The number of aliphatic imine (C=N–C) groups is 1. The molecule has 1 heterocycles. The minimum Gasteiger partial charge on any atom is -0.495 e. The van der Waals surface area contributed by atoms with Crippen LogP contribution in [0.3, 0.4) is 0 Å². The molecule has 2 rings (SSSR count). The van der Waals surface area contributed by atoms with Gasteiger partial charge in [-0.25, -0.2) is 0 Å². The molecule has 1 aromatic carbocycles. The molecule has 2 nitrogen and oxygen atoms in total. The van der Waals surface area contributed by atoms with Crippen LogP contribution in [0.25, 0.3) is 0 Å². The third kappa shape index (κ3) is 1.54. The standard InChI is InChI=1S/C10H10ClNO/c1-13-10-5-8-6-12-3-2-7(8)4-9(10)11/h4-6H,2-3H2,1H3. The number of halogens is 1. The largest absolute Gasteiger partial charge is 0.495 e. The van der Waals surface area contributed by atoms with E-state index in [9.17, 15) is 0 Å². The molecule has 0 aliphatic carbocycles. The number of nitrogens with zero attached hydrogens (tertiary/aromatic N) is 1. The Labute approximate surface area is 82.2 Å². The highest BCUT2D eigenvalue weighted by Gasteiger charge is 2.09. The maximum absolute atomic E-state index is 5.99. The zero-order valence-electron chi connectivity index (χ0n) is 7.38. The lowest BCUT2D eigenvalue weighted by molar-refractivity contribution is 0.415. The van der Waals surface area contributed by atoms with E-state index in [-0.39, 0.29) is 0 Å². The first kappa shape index (κ1) is 8.57. The average Bonchev–Trinajstić information content (AvgIpc) is 2.17. The predicted molar refractivity (Wildman–Crippen MR) is 54.2 cm³/mol. The number of hydrogen-bond acceptors (Lipinski definition) is 2. The van der Waals surface area contributed by atoms with Crippen molar-refractivity contribution in [2.75, 3.05) is 13.7 Å². The Balaban J connectivity index is 2.52. The van der Waals surface area contributed by atoms with Gasteiger partial charge in [0.05, 0.1) is 12.1 Å². The third-order valence-corrected chi connectivity index (χ3v) is 2.45. The van der Waals surface area contributed by atoms with Crippen molar-refractivity contribution >= 4 is 17.8 Å². The molecule has 68 valence electrons. The molecule has 0 radical (unpaired) electrons. The van der Waals surface area contributed by atoms with E-state index in [1.807, 2.05) is 18.3 Å². The summed E-state index contributed by atoms with van der Waals surface area (Å²) in [4.78, 5) is 4.20. The smallest absolute Gasteiger partial charge is 0.138 e. The Kier molecular flexibility index (Phi) is 2.23. The fourth-order valence-electron chi connectivity index (χ4n) is 1.45. The van der Waals surface area contributed by atoms with Gasteiger partial charge in [-0.3, -0.25) is 4.99 Å². The average molecular weight is 196 g/mol. The van der Waals surface area contributed by atoms with E-state index < -0.39 is 0 Å². The van der Waals surface area contributed by atoms with Crippen molar-refractivity contribution in [3.63, 3.8) is 0 Å². The van der Waals surface area contributed by atoms with Gasteiger partial charge in [-0.05, 0) is 29.7 Å². The van der Waals surface area contributed by atoms with Gasteiger partial charge in [-0.2, -0.15) is 0 Å². The van der Waals surface area contributed by atoms with Gasteiger partial charge >= 0.3 is 0 Å². The number of fused-ring (bicyclic) bond motifs is 1. The summed E-state index contributed by atoms with van der Waals surface area (Å²) in [6.45, 7) is 0.857. The van der Waals surface area contributed by atoms with E-state index in [1.54, 1.807) is 7.11 Å². The van der Waals surface area contributed by atoms with E-state index in [0.717, 1.165) is 18.5 Å². The fourth-order valence-corrected chi connectivity index (χ4v) is 1.71. The summed E-state index contributed by atoms with van der Waals surface area (Å²) in [5.74, 6) is 0.716. The molecule has 0 aromatic heterocycles. The molecule has 0 fully saturated rings. The quantitative estimate of drug-likeness (QED) is 0.674. The molecule has 0 unspecified atom stereocenters. The van der Waals surface area contributed by atoms with E-state index in [1.165, 1.54) is 5.56 Å². The molecule has 0 saturated carbocycles. The second-order valence-corrected chi connectivity index (χ2v) is 3.38. The summed E-state index contributed by atoms with van der Waals surface area (Å²) in [6.07, 6.45) is 2.84. The number of methoxy groups -OCH3 is 1. The first-order chi connectivity index (χ1) is 6.31. The van der Waals surface area contributed by atoms with E-state index in [0.29, 0.717) is 10.8 Å². The Morgan fingerprint density at radius 2 is 2.31 bits per heavy atom. The van der Waals surface area contributed by atoms with Gasteiger partial charge < -0.3 is 4.74 Å². The summed E-state index contributed by atoms with van der Waals surface area (Å²) in [6, 6.07) is 3.89. The van der Waals surface area contributed by atoms with Crippen LogP contribution >= 0.6 is 11.6 Å². The first-order valence-corrected chi connectivity index (χ1v) is 4.55. The van der Waals surface area contributed by atoms with Crippen molar-refractivity contribution in [2.45, 2.75) is 6.42 Å². The minimum atomic E-state index is 0.677. The van der Waals surface area contributed by atoms with Crippen molar-refractivity contribution in [3.05, 3.63) is 28.3 Å². The number of hydrogen-bond donors (Lipinski definition) is 0. The van der Waals surface area contributed by atoms with Crippen LogP contribution in [0, 0.1) is 0 Å². The Bertz CT molecular complexity index is 360. The zero-order valence-corrected chi connectivity index (χ0v) is 8.14. The highest BCUT2D eigenvalue weighted by atomic mass is 35.5. The highest BCUT2D eigenvalue weighted by molar-refractivity contribution is 6.32. The molecule has 0 saturated heterocycles. The first-order valence-electron chi connectivity index (χ1n) is 4.17. The normalized spacial score (nSPS) is 14.0. The second kappa shape index (κ2) is 3.38. The maximum Gasteiger partial charge on any atom is 0.138 e. The van der Waals surface area contributed by atoms with Gasteiger partial charge in [-0.15, -0.1) is 0 Å². The maximum atomic E-state index is 5.99. The molecule has 0 atom stereocenters. The van der Waals surface area contributed by atoms with Crippen LogP contribution in [0.15, 0.2) is 17.1 Å². The molecular weight excluding hydrogens is 186 g/mol. The van der Waals surface area contributed by atoms with Crippen LogP contribution < -0.4 is 4.74 Å². The Hall–Kier alpha value is -1.02. The van der Waals surface area contributed by atoms with Crippen molar-refractivity contribution in [3.8, 4) is 5.75 Å². The summed E-state index contributed by atoms with van der Waals surface area (Å²) >= 11 is 5.99. The molecule has 1 aromatic rings. The lowest BCUT2D eigenvalue weighted by Gasteiger charge is -2.12. The molecule has 0 spiro atoms. The zero-order chi connectivity index (χ0) is 9.26. The third-order valence-electron chi connectivity index (χ3n) is 2.15. The van der Waals surface area contributed by atoms with Crippen LogP contribution in [-0.2, 0) is 6.42 Å². The van der Waals surface area contributed by atoms with Gasteiger partial charge in [0, 0.05) is 12.8 Å². The molecule has 0 amide bonds.